The molecule has 0 aliphatic heterocycles. The third-order valence-electron chi connectivity index (χ3n) is 8.07. The first-order valence-corrected chi connectivity index (χ1v) is 18.8. The first kappa shape index (κ1) is 42.8. The molecule has 0 radical (unpaired) electrons. The van der Waals surface area contributed by atoms with Crippen molar-refractivity contribution in [3.8, 4) is 0 Å². The molecule has 258 valence electrons. The lowest BCUT2D eigenvalue weighted by molar-refractivity contribution is -0.00366. The SMILES string of the molecule is CCCCCC=CCC=CCCCCCCCCOCC(N)(CO)COCCCCCCCCC=CCC=CCCCCC. The number of hydrogen-bond donors (Lipinski definition) is 2. The van der Waals surface area contributed by atoms with Gasteiger partial charge in [0.05, 0.1) is 25.4 Å². The number of allylic oxidation sites excluding steroid dienone is 8. The highest BCUT2D eigenvalue weighted by Crippen LogP contribution is 2.11. The van der Waals surface area contributed by atoms with E-state index in [0.29, 0.717) is 26.4 Å². The van der Waals surface area contributed by atoms with E-state index in [1.54, 1.807) is 0 Å². The Bertz CT molecular complexity index is 618. The minimum absolute atomic E-state index is 0.111. The molecule has 0 aliphatic rings. The molecule has 0 aromatic heterocycles. The Kier molecular flexibility index (Phi) is 35.3. The molecule has 0 aliphatic carbocycles. The molecule has 0 atom stereocenters. The van der Waals surface area contributed by atoms with Crippen LogP contribution in [0.5, 0.6) is 0 Å². The van der Waals surface area contributed by atoms with Crippen LogP contribution >= 0.6 is 0 Å². The summed E-state index contributed by atoms with van der Waals surface area (Å²) in [5.74, 6) is 0. The van der Waals surface area contributed by atoms with Crippen molar-refractivity contribution < 1.29 is 14.6 Å². The average molecular weight is 618 g/mol. The Morgan fingerprint density at radius 1 is 0.455 bits per heavy atom. The molecule has 0 amide bonds. The highest BCUT2D eigenvalue weighted by Gasteiger charge is 2.24. The van der Waals surface area contributed by atoms with Gasteiger partial charge in [0.15, 0.2) is 0 Å². The summed E-state index contributed by atoms with van der Waals surface area (Å²) in [7, 11) is 0. The van der Waals surface area contributed by atoms with Gasteiger partial charge in [-0.25, -0.2) is 0 Å². The fraction of sp³-hybridized carbons (Fsp3) is 0.800. The average Bonchev–Trinajstić information content (AvgIpc) is 3.03. The van der Waals surface area contributed by atoms with Crippen molar-refractivity contribution in [1.29, 1.82) is 0 Å². The van der Waals surface area contributed by atoms with Crippen LogP contribution in [0.15, 0.2) is 48.6 Å². The normalized spacial score (nSPS) is 13.8. The molecule has 4 heteroatoms. The molecule has 0 heterocycles. The van der Waals surface area contributed by atoms with Gasteiger partial charge in [0.2, 0.25) is 0 Å². The Labute approximate surface area is 275 Å². The number of aliphatic hydroxyl groups excluding tert-OH is 1. The Morgan fingerprint density at radius 3 is 1.11 bits per heavy atom. The molecule has 0 aromatic carbocycles. The number of aliphatic hydroxyl groups is 1. The van der Waals surface area contributed by atoms with Crippen molar-refractivity contribution in [3.05, 3.63) is 48.6 Å². The van der Waals surface area contributed by atoms with Gasteiger partial charge in [-0.2, -0.15) is 0 Å². The Balaban J connectivity index is 3.49. The first-order valence-electron chi connectivity index (χ1n) is 18.8. The van der Waals surface area contributed by atoms with Crippen LogP contribution in [0.25, 0.3) is 0 Å². The van der Waals surface area contributed by atoms with Crippen LogP contribution in [0.1, 0.15) is 168 Å². The van der Waals surface area contributed by atoms with Crippen LogP contribution < -0.4 is 5.73 Å². The maximum Gasteiger partial charge on any atom is 0.0862 e. The molecule has 3 N–H and O–H groups in total. The van der Waals surface area contributed by atoms with E-state index in [9.17, 15) is 5.11 Å². The van der Waals surface area contributed by atoms with E-state index >= 15 is 0 Å². The second-order valence-corrected chi connectivity index (χ2v) is 12.8. The largest absolute Gasteiger partial charge is 0.394 e. The smallest absolute Gasteiger partial charge is 0.0862 e. The zero-order valence-corrected chi connectivity index (χ0v) is 29.5. The number of ether oxygens (including phenoxy) is 2. The summed E-state index contributed by atoms with van der Waals surface area (Å²) in [6.45, 7) is 6.52. The van der Waals surface area contributed by atoms with Crippen molar-refractivity contribution in [3.63, 3.8) is 0 Å². The number of rotatable bonds is 35. The Hall–Kier alpha value is -1.20. The van der Waals surface area contributed by atoms with Gasteiger partial charge in [0.25, 0.3) is 0 Å². The van der Waals surface area contributed by atoms with E-state index in [2.05, 4.69) is 62.5 Å². The van der Waals surface area contributed by atoms with Crippen LogP contribution in [0.2, 0.25) is 0 Å². The number of hydrogen-bond acceptors (Lipinski definition) is 4. The summed E-state index contributed by atoms with van der Waals surface area (Å²) < 4.78 is 11.6. The second kappa shape index (κ2) is 36.3. The summed E-state index contributed by atoms with van der Waals surface area (Å²) in [5, 5.41) is 9.77. The van der Waals surface area contributed by atoms with E-state index in [-0.39, 0.29) is 6.61 Å². The van der Waals surface area contributed by atoms with Crippen molar-refractivity contribution in [2.75, 3.05) is 33.0 Å². The lowest BCUT2D eigenvalue weighted by Gasteiger charge is -2.26. The standard InChI is InChI=1S/C40H75NO3/c1-3-5-7-9-11-13-15-17-19-21-23-25-27-29-31-33-35-43-38-40(41,37-42)39-44-36-34-32-30-28-26-24-22-20-18-16-14-12-10-8-6-4-2/h11-14,17-20,42H,3-10,15-16,21-39,41H2,1-2H3. The van der Waals surface area contributed by atoms with E-state index in [1.807, 2.05) is 0 Å². The van der Waals surface area contributed by atoms with E-state index < -0.39 is 5.54 Å². The maximum absolute atomic E-state index is 9.77. The lowest BCUT2D eigenvalue weighted by Crippen LogP contribution is -2.52. The van der Waals surface area contributed by atoms with Crippen LogP contribution in [-0.2, 0) is 9.47 Å². The van der Waals surface area contributed by atoms with Gasteiger partial charge in [-0.15, -0.1) is 0 Å². The highest BCUT2D eigenvalue weighted by atomic mass is 16.5. The topological polar surface area (TPSA) is 64.7 Å². The van der Waals surface area contributed by atoms with Crippen molar-refractivity contribution in [2.24, 2.45) is 5.73 Å². The van der Waals surface area contributed by atoms with E-state index in [0.717, 1.165) is 25.7 Å². The quantitative estimate of drug-likeness (QED) is 0.0548. The predicted octanol–water partition coefficient (Wildman–Crippen LogP) is 11.3. The minimum atomic E-state index is -0.795. The predicted molar refractivity (Wildman–Crippen MR) is 194 cm³/mol. The summed E-state index contributed by atoms with van der Waals surface area (Å²) in [5.41, 5.74) is 5.53. The van der Waals surface area contributed by atoms with Gasteiger partial charge in [-0.3, -0.25) is 0 Å². The van der Waals surface area contributed by atoms with Crippen molar-refractivity contribution in [2.45, 2.75) is 173 Å². The Morgan fingerprint density at radius 2 is 0.773 bits per heavy atom. The molecule has 0 rings (SSSR count). The van der Waals surface area contributed by atoms with Crippen LogP contribution in [-0.4, -0.2) is 43.7 Å². The molecule has 4 nitrogen and oxygen atoms in total. The molecule has 0 saturated heterocycles. The van der Waals surface area contributed by atoms with Gasteiger partial charge in [0.1, 0.15) is 0 Å². The zero-order valence-electron chi connectivity index (χ0n) is 29.5. The van der Waals surface area contributed by atoms with E-state index in [4.69, 9.17) is 15.2 Å². The molecular formula is C40H75NO3. The number of nitrogens with two attached hydrogens (primary N) is 1. The van der Waals surface area contributed by atoms with E-state index in [1.165, 1.54) is 128 Å². The summed E-state index contributed by atoms with van der Waals surface area (Å²) in [4.78, 5) is 0. The molecule has 0 spiro atoms. The van der Waals surface area contributed by atoms with Crippen molar-refractivity contribution in [1.82, 2.24) is 0 Å². The van der Waals surface area contributed by atoms with Gasteiger partial charge in [-0.1, -0.05) is 140 Å². The van der Waals surface area contributed by atoms with Crippen molar-refractivity contribution >= 4 is 0 Å². The summed E-state index contributed by atoms with van der Waals surface area (Å²) >= 11 is 0. The van der Waals surface area contributed by atoms with Gasteiger partial charge < -0.3 is 20.3 Å². The maximum atomic E-state index is 9.77. The molecule has 44 heavy (non-hydrogen) atoms. The molecule has 0 unspecified atom stereocenters. The van der Waals surface area contributed by atoms with Gasteiger partial charge in [-0.05, 0) is 77.0 Å². The van der Waals surface area contributed by atoms with Crippen LogP contribution in [0.4, 0.5) is 0 Å². The molecule has 0 bridgehead atoms. The third kappa shape index (κ3) is 33.7. The molecular weight excluding hydrogens is 542 g/mol. The third-order valence-corrected chi connectivity index (χ3v) is 8.07. The molecule has 0 fully saturated rings. The number of unbranched alkanes of at least 4 members (excludes halogenated alkanes) is 18. The lowest BCUT2D eigenvalue weighted by atomic mass is 10.1. The van der Waals surface area contributed by atoms with Gasteiger partial charge in [0, 0.05) is 13.2 Å². The monoisotopic (exact) mass is 618 g/mol. The fourth-order valence-corrected chi connectivity index (χ4v) is 5.07. The highest BCUT2D eigenvalue weighted by molar-refractivity contribution is 4.93. The van der Waals surface area contributed by atoms with Gasteiger partial charge >= 0.3 is 0 Å². The summed E-state index contributed by atoms with van der Waals surface area (Å²) in [6.07, 6.45) is 48.3. The first-order chi connectivity index (χ1) is 21.7. The van der Waals surface area contributed by atoms with Crippen LogP contribution in [0.3, 0.4) is 0 Å². The molecule has 0 aromatic rings. The minimum Gasteiger partial charge on any atom is -0.394 e. The molecule has 0 saturated carbocycles. The fourth-order valence-electron chi connectivity index (χ4n) is 5.07. The van der Waals surface area contributed by atoms with Crippen LogP contribution in [0, 0.1) is 0 Å². The summed E-state index contributed by atoms with van der Waals surface area (Å²) in [6, 6.07) is 0. The zero-order chi connectivity index (χ0) is 32.1. The second-order valence-electron chi connectivity index (χ2n) is 12.8.